The van der Waals surface area contributed by atoms with Gasteiger partial charge in [0.05, 0.1) is 16.2 Å². The summed E-state index contributed by atoms with van der Waals surface area (Å²) in [5, 5.41) is 9.00. The third kappa shape index (κ3) is 2.49. The van der Waals surface area contributed by atoms with Crippen LogP contribution in [0.3, 0.4) is 0 Å². The third-order valence-electron chi connectivity index (χ3n) is 2.79. The molecule has 1 aromatic rings. The van der Waals surface area contributed by atoms with Crippen LogP contribution in [0.4, 0.5) is 0 Å². The molecule has 0 aromatic heterocycles. The molecule has 0 saturated carbocycles. The lowest BCUT2D eigenvalue weighted by atomic mass is 10.0. The van der Waals surface area contributed by atoms with Gasteiger partial charge in [0.1, 0.15) is 0 Å². The van der Waals surface area contributed by atoms with Crippen molar-refractivity contribution in [3.05, 3.63) is 28.8 Å². The predicted molar refractivity (Wildman–Crippen MR) is 65.2 cm³/mol. The summed E-state index contributed by atoms with van der Waals surface area (Å²) in [6.07, 6.45) is 0.565. The average molecular weight is 256 g/mol. The van der Waals surface area contributed by atoms with Gasteiger partial charge in [-0.1, -0.05) is 19.9 Å². The molecule has 0 spiro atoms. The van der Waals surface area contributed by atoms with Crippen molar-refractivity contribution in [1.29, 1.82) is 0 Å². The van der Waals surface area contributed by atoms with Crippen LogP contribution in [0, 0.1) is 6.92 Å². The lowest BCUT2D eigenvalue weighted by Crippen LogP contribution is -2.12. The van der Waals surface area contributed by atoms with Gasteiger partial charge in [0.25, 0.3) is 0 Å². The van der Waals surface area contributed by atoms with E-state index in [0.717, 1.165) is 0 Å². The molecule has 0 fully saturated rings. The summed E-state index contributed by atoms with van der Waals surface area (Å²) in [5.41, 5.74) is 1.06. The van der Waals surface area contributed by atoms with Crippen molar-refractivity contribution in [3.8, 4) is 0 Å². The van der Waals surface area contributed by atoms with Gasteiger partial charge in [0, 0.05) is 0 Å². The number of carboxylic acid groups (broad SMARTS) is 1. The van der Waals surface area contributed by atoms with E-state index >= 15 is 0 Å². The minimum absolute atomic E-state index is 0.0239. The summed E-state index contributed by atoms with van der Waals surface area (Å²) in [4.78, 5) is 11.2. The first kappa shape index (κ1) is 13.7. The van der Waals surface area contributed by atoms with Gasteiger partial charge < -0.3 is 5.11 Å². The maximum absolute atomic E-state index is 12.0. The Hall–Kier alpha value is -1.36. The average Bonchev–Trinajstić information content (AvgIpc) is 2.27. The number of carboxylic acids is 1. The number of aromatic carboxylic acids is 1. The van der Waals surface area contributed by atoms with Gasteiger partial charge in [0.2, 0.25) is 0 Å². The minimum atomic E-state index is -3.39. The van der Waals surface area contributed by atoms with Gasteiger partial charge in [-0.25, -0.2) is 13.2 Å². The van der Waals surface area contributed by atoms with Gasteiger partial charge in [-0.2, -0.15) is 0 Å². The molecule has 0 bridgehead atoms. The fourth-order valence-corrected chi connectivity index (χ4v) is 3.31. The summed E-state index contributed by atoms with van der Waals surface area (Å²) in [6, 6.07) is 3.05. The van der Waals surface area contributed by atoms with Crippen molar-refractivity contribution >= 4 is 15.8 Å². The molecule has 0 aliphatic carbocycles. The van der Waals surface area contributed by atoms with E-state index in [1.807, 2.05) is 6.92 Å². The molecule has 0 aliphatic rings. The van der Waals surface area contributed by atoms with Crippen molar-refractivity contribution in [1.82, 2.24) is 0 Å². The molecular formula is C12H16O4S. The fourth-order valence-electron chi connectivity index (χ4n) is 1.84. The largest absolute Gasteiger partial charge is 0.478 e. The highest BCUT2D eigenvalue weighted by Crippen LogP contribution is 2.25. The Morgan fingerprint density at radius 1 is 1.29 bits per heavy atom. The van der Waals surface area contributed by atoms with Gasteiger partial charge >= 0.3 is 5.97 Å². The molecule has 0 amide bonds. The molecule has 0 saturated heterocycles. The Bertz CT molecular complexity index is 544. The summed E-state index contributed by atoms with van der Waals surface area (Å²) < 4.78 is 24.0. The number of carbonyl (C=O) groups is 1. The first-order chi connectivity index (χ1) is 7.85. The van der Waals surface area contributed by atoms with E-state index in [2.05, 4.69) is 0 Å². The Labute approximate surface area is 101 Å². The Kier molecular flexibility index (Phi) is 3.93. The summed E-state index contributed by atoms with van der Waals surface area (Å²) in [5.74, 6) is -1.12. The minimum Gasteiger partial charge on any atom is -0.478 e. The van der Waals surface area contributed by atoms with E-state index in [1.165, 1.54) is 6.07 Å². The number of rotatable bonds is 4. The molecular weight excluding hydrogens is 240 g/mol. The molecule has 1 rings (SSSR count). The first-order valence-corrected chi connectivity index (χ1v) is 7.08. The number of sulfone groups is 1. The Morgan fingerprint density at radius 2 is 1.88 bits per heavy atom. The van der Waals surface area contributed by atoms with Crippen LogP contribution in [0.2, 0.25) is 0 Å². The van der Waals surface area contributed by atoms with Gasteiger partial charge in [-0.15, -0.1) is 0 Å². The van der Waals surface area contributed by atoms with E-state index in [4.69, 9.17) is 5.11 Å². The van der Waals surface area contributed by atoms with E-state index < -0.39 is 15.8 Å². The molecule has 0 heterocycles. The van der Waals surface area contributed by atoms with Crippen LogP contribution < -0.4 is 0 Å². The summed E-state index contributed by atoms with van der Waals surface area (Å²) >= 11 is 0. The Morgan fingerprint density at radius 3 is 2.29 bits per heavy atom. The molecule has 0 unspecified atom stereocenters. The second-order valence-electron chi connectivity index (χ2n) is 3.79. The SMILES string of the molecule is CCc1ccc(C(=O)O)c(C)c1S(=O)(=O)CC. The number of hydrogen-bond donors (Lipinski definition) is 1. The smallest absolute Gasteiger partial charge is 0.335 e. The number of hydrogen-bond acceptors (Lipinski definition) is 3. The maximum Gasteiger partial charge on any atom is 0.335 e. The quantitative estimate of drug-likeness (QED) is 0.895. The molecule has 94 valence electrons. The second-order valence-corrected chi connectivity index (χ2v) is 6.00. The molecule has 0 aliphatic heterocycles. The van der Waals surface area contributed by atoms with Crippen molar-refractivity contribution < 1.29 is 18.3 Å². The van der Waals surface area contributed by atoms with Gasteiger partial charge in [-0.3, -0.25) is 0 Å². The number of benzene rings is 1. The predicted octanol–water partition coefficient (Wildman–Crippen LogP) is 2.05. The number of aryl methyl sites for hydroxylation is 1. The molecule has 1 aromatic carbocycles. The lowest BCUT2D eigenvalue weighted by Gasteiger charge is -2.13. The van der Waals surface area contributed by atoms with Crippen LogP contribution >= 0.6 is 0 Å². The summed E-state index contributed by atoms with van der Waals surface area (Å²) in [7, 11) is -3.39. The van der Waals surface area contributed by atoms with Crippen LogP contribution in [0.1, 0.15) is 35.3 Å². The highest BCUT2D eigenvalue weighted by Gasteiger charge is 2.22. The molecule has 1 N–H and O–H groups in total. The molecule has 0 radical (unpaired) electrons. The van der Waals surface area contributed by atoms with Gasteiger partial charge in [0.15, 0.2) is 9.84 Å². The normalized spacial score (nSPS) is 11.5. The van der Waals surface area contributed by atoms with Crippen molar-refractivity contribution in [2.45, 2.75) is 32.1 Å². The van der Waals surface area contributed by atoms with Crippen molar-refractivity contribution in [2.24, 2.45) is 0 Å². The van der Waals surface area contributed by atoms with Crippen molar-refractivity contribution in [2.75, 3.05) is 5.75 Å². The molecule has 4 nitrogen and oxygen atoms in total. The van der Waals surface area contributed by atoms with Crippen LogP contribution in [0.15, 0.2) is 17.0 Å². The zero-order chi connectivity index (χ0) is 13.2. The zero-order valence-corrected chi connectivity index (χ0v) is 11.0. The van der Waals surface area contributed by atoms with Crippen LogP contribution in [-0.4, -0.2) is 25.2 Å². The molecule has 5 heteroatoms. The lowest BCUT2D eigenvalue weighted by molar-refractivity contribution is 0.0696. The topological polar surface area (TPSA) is 71.4 Å². The fraction of sp³-hybridized carbons (Fsp3) is 0.417. The van der Waals surface area contributed by atoms with E-state index in [1.54, 1.807) is 19.9 Å². The van der Waals surface area contributed by atoms with Crippen LogP contribution in [0.25, 0.3) is 0 Å². The zero-order valence-electron chi connectivity index (χ0n) is 10.1. The summed E-state index contributed by atoms with van der Waals surface area (Å²) in [6.45, 7) is 4.96. The highest BCUT2D eigenvalue weighted by atomic mass is 32.2. The highest BCUT2D eigenvalue weighted by molar-refractivity contribution is 7.91. The van der Waals surface area contributed by atoms with E-state index in [-0.39, 0.29) is 16.2 Å². The maximum atomic E-state index is 12.0. The van der Waals surface area contributed by atoms with E-state index in [9.17, 15) is 13.2 Å². The van der Waals surface area contributed by atoms with Crippen LogP contribution in [0.5, 0.6) is 0 Å². The monoisotopic (exact) mass is 256 g/mol. The second kappa shape index (κ2) is 4.87. The van der Waals surface area contributed by atoms with Gasteiger partial charge in [-0.05, 0) is 30.5 Å². The third-order valence-corrected chi connectivity index (χ3v) is 4.74. The van der Waals surface area contributed by atoms with Crippen molar-refractivity contribution in [3.63, 3.8) is 0 Å². The first-order valence-electron chi connectivity index (χ1n) is 5.43. The van der Waals surface area contributed by atoms with Crippen LogP contribution in [-0.2, 0) is 16.3 Å². The standard InChI is InChI=1S/C12H16O4S/c1-4-9-6-7-10(12(13)14)8(3)11(9)17(15,16)5-2/h6-7H,4-5H2,1-3H3,(H,13,14). The molecule has 0 atom stereocenters. The Balaban J connectivity index is 3.66. The van der Waals surface area contributed by atoms with E-state index in [0.29, 0.717) is 17.5 Å². The molecule has 17 heavy (non-hydrogen) atoms.